The van der Waals surface area contributed by atoms with Crippen LogP contribution in [0.2, 0.25) is 0 Å². The maximum atomic E-state index is 2.26. The van der Waals surface area contributed by atoms with E-state index in [1.807, 2.05) is 0 Å². The van der Waals surface area contributed by atoms with Crippen LogP contribution in [0.3, 0.4) is 0 Å². The van der Waals surface area contributed by atoms with Gasteiger partial charge in [0.1, 0.15) is 0 Å². The number of nitrogens with zero attached hydrogens (tertiary/aromatic N) is 2. The van der Waals surface area contributed by atoms with Crippen LogP contribution in [0.5, 0.6) is 0 Å². The van der Waals surface area contributed by atoms with Crippen molar-refractivity contribution in [1.29, 1.82) is 0 Å². The van der Waals surface area contributed by atoms with Gasteiger partial charge in [-0.15, -0.1) is 0 Å². The fourth-order valence-electron chi connectivity index (χ4n) is 3.29. The lowest BCUT2D eigenvalue weighted by atomic mass is 10.1. The highest BCUT2D eigenvalue weighted by atomic mass is 15.0. The van der Waals surface area contributed by atoms with Gasteiger partial charge in [-0.1, -0.05) is 60.7 Å². The summed E-state index contributed by atoms with van der Waals surface area (Å²) in [6.07, 6.45) is 9.79. The Morgan fingerprint density at radius 1 is 0.407 bits per heavy atom. The number of hydrogen-bond acceptors (Lipinski definition) is 0. The third-order valence-corrected chi connectivity index (χ3v) is 4.83. The molecule has 4 rings (SSSR count). The third-order valence-electron chi connectivity index (χ3n) is 4.83. The molecule has 0 bridgehead atoms. The molecule has 27 heavy (non-hydrogen) atoms. The minimum Gasteiger partial charge on any atom is -0.205 e. The molecule has 2 heterocycles. The quantitative estimate of drug-likeness (QED) is 0.445. The molecule has 2 aromatic carbocycles. The Labute approximate surface area is 161 Å². The van der Waals surface area contributed by atoms with Gasteiger partial charge in [0.2, 0.25) is 0 Å². The van der Waals surface area contributed by atoms with Crippen molar-refractivity contribution in [2.45, 2.75) is 19.5 Å². The van der Waals surface area contributed by atoms with E-state index in [9.17, 15) is 0 Å². The Hall–Kier alpha value is -3.26. The molecule has 0 saturated carbocycles. The summed E-state index contributed by atoms with van der Waals surface area (Å²) in [6.45, 7) is 2.03. The van der Waals surface area contributed by atoms with Crippen molar-refractivity contribution in [1.82, 2.24) is 0 Å². The van der Waals surface area contributed by atoms with Gasteiger partial charge in [0, 0.05) is 24.3 Å². The maximum absolute atomic E-state index is 2.26. The van der Waals surface area contributed by atoms with Crippen molar-refractivity contribution in [2.75, 3.05) is 0 Å². The predicted octanol–water partition coefficient (Wildman–Crippen LogP) is 4.69. The summed E-state index contributed by atoms with van der Waals surface area (Å²) >= 11 is 0. The number of aromatic nitrogens is 2. The SMILES string of the molecule is c1ccc(-c2cc[n+](CCC[n+]3ccc(-c4ccccc4)cc3)cc2)cc1. The fraction of sp³-hybridized carbons (Fsp3) is 0.120. The molecule has 0 amide bonds. The zero-order valence-electron chi connectivity index (χ0n) is 15.4. The standard InChI is InChI=1S/C25H24N2/c1-3-8-22(9-4-1)24-12-18-26(19-13-24)16-7-17-27-20-14-25(15-21-27)23-10-5-2-6-11-23/h1-6,8-15,18-21H,7,16-17H2/q+2. The van der Waals surface area contributed by atoms with Crippen molar-refractivity contribution >= 4 is 0 Å². The summed E-state index contributed by atoms with van der Waals surface area (Å²) < 4.78 is 4.51. The largest absolute Gasteiger partial charge is 0.205 e. The Morgan fingerprint density at radius 3 is 1.11 bits per heavy atom. The van der Waals surface area contributed by atoms with Crippen LogP contribution in [-0.4, -0.2) is 0 Å². The van der Waals surface area contributed by atoms with Gasteiger partial charge in [0.25, 0.3) is 0 Å². The molecule has 0 spiro atoms. The number of aryl methyl sites for hydroxylation is 2. The van der Waals surface area contributed by atoms with E-state index in [4.69, 9.17) is 0 Å². The van der Waals surface area contributed by atoms with E-state index < -0.39 is 0 Å². The van der Waals surface area contributed by atoms with Gasteiger partial charge in [-0.25, -0.2) is 9.13 Å². The first-order valence-corrected chi connectivity index (χ1v) is 9.47. The molecule has 0 saturated heterocycles. The summed E-state index contributed by atoms with van der Waals surface area (Å²) in [6, 6.07) is 29.8. The second-order valence-corrected chi connectivity index (χ2v) is 6.73. The van der Waals surface area contributed by atoms with Crippen molar-refractivity contribution in [3.63, 3.8) is 0 Å². The average Bonchev–Trinajstić information content (AvgIpc) is 2.76. The molecule has 0 fully saturated rings. The van der Waals surface area contributed by atoms with Gasteiger partial charge < -0.3 is 0 Å². The van der Waals surface area contributed by atoms with Gasteiger partial charge in [0.05, 0.1) is 6.42 Å². The molecule has 0 aliphatic heterocycles. The maximum Gasteiger partial charge on any atom is 0.169 e. The molecule has 0 unspecified atom stereocenters. The molecule has 2 aromatic heterocycles. The molecule has 132 valence electrons. The zero-order valence-corrected chi connectivity index (χ0v) is 15.4. The van der Waals surface area contributed by atoms with E-state index in [1.165, 1.54) is 22.3 Å². The summed E-state index contributed by atoms with van der Waals surface area (Å²) in [7, 11) is 0. The molecule has 0 aliphatic carbocycles. The highest BCUT2D eigenvalue weighted by Gasteiger charge is 2.06. The number of pyridine rings is 2. The normalized spacial score (nSPS) is 10.7. The number of rotatable bonds is 6. The van der Waals surface area contributed by atoms with Crippen LogP contribution in [0.4, 0.5) is 0 Å². The van der Waals surface area contributed by atoms with Gasteiger partial charge in [0.15, 0.2) is 37.9 Å². The van der Waals surface area contributed by atoms with Crippen LogP contribution in [0.15, 0.2) is 110 Å². The molecule has 2 heteroatoms. The minimum absolute atomic E-state index is 1.02. The summed E-state index contributed by atoms with van der Waals surface area (Å²) in [5.41, 5.74) is 5.05. The van der Waals surface area contributed by atoms with E-state index >= 15 is 0 Å². The first-order valence-electron chi connectivity index (χ1n) is 9.47. The summed E-state index contributed by atoms with van der Waals surface area (Å²) in [4.78, 5) is 0. The van der Waals surface area contributed by atoms with E-state index in [0.29, 0.717) is 0 Å². The van der Waals surface area contributed by atoms with E-state index in [0.717, 1.165) is 19.5 Å². The molecule has 0 atom stereocenters. The van der Waals surface area contributed by atoms with Crippen molar-refractivity contribution in [3.8, 4) is 22.3 Å². The van der Waals surface area contributed by atoms with Crippen LogP contribution < -0.4 is 9.13 Å². The van der Waals surface area contributed by atoms with E-state index in [1.54, 1.807) is 0 Å². The fourth-order valence-corrected chi connectivity index (χ4v) is 3.29. The topological polar surface area (TPSA) is 7.76 Å². The Kier molecular flexibility index (Phi) is 5.35. The van der Waals surface area contributed by atoms with E-state index in [2.05, 4.69) is 119 Å². The second-order valence-electron chi connectivity index (χ2n) is 6.73. The lowest BCUT2D eigenvalue weighted by Gasteiger charge is -2.02. The van der Waals surface area contributed by atoms with E-state index in [-0.39, 0.29) is 0 Å². The van der Waals surface area contributed by atoms with Crippen molar-refractivity contribution < 1.29 is 9.13 Å². The molecular formula is C25H24N2+2. The van der Waals surface area contributed by atoms with Crippen LogP contribution >= 0.6 is 0 Å². The van der Waals surface area contributed by atoms with Gasteiger partial charge in [-0.3, -0.25) is 0 Å². The first kappa shape index (κ1) is 17.2. The molecule has 0 aliphatic rings. The Bertz CT molecular complexity index is 877. The van der Waals surface area contributed by atoms with Gasteiger partial charge >= 0.3 is 0 Å². The van der Waals surface area contributed by atoms with Gasteiger partial charge in [-0.2, -0.15) is 0 Å². The lowest BCUT2D eigenvalue weighted by molar-refractivity contribution is -0.726. The van der Waals surface area contributed by atoms with Crippen LogP contribution in [0, 0.1) is 0 Å². The first-order chi connectivity index (χ1) is 13.4. The molecule has 0 N–H and O–H groups in total. The Balaban J connectivity index is 1.32. The molecule has 0 radical (unpaired) electrons. The zero-order chi connectivity index (χ0) is 18.3. The summed E-state index contributed by atoms with van der Waals surface area (Å²) in [5, 5.41) is 0. The monoisotopic (exact) mass is 352 g/mol. The van der Waals surface area contributed by atoms with Crippen molar-refractivity contribution in [2.24, 2.45) is 0 Å². The van der Waals surface area contributed by atoms with Crippen LogP contribution in [-0.2, 0) is 13.1 Å². The van der Waals surface area contributed by atoms with Crippen LogP contribution in [0.1, 0.15) is 6.42 Å². The van der Waals surface area contributed by atoms with Crippen LogP contribution in [0.25, 0.3) is 22.3 Å². The number of hydrogen-bond donors (Lipinski definition) is 0. The average molecular weight is 352 g/mol. The Morgan fingerprint density at radius 2 is 0.741 bits per heavy atom. The molecule has 4 aromatic rings. The molecule has 2 nitrogen and oxygen atoms in total. The second kappa shape index (κ2) is 8.41. The van der Waals surface area contributed by atoms with Crippen molar-refractivity contribution in [3.05, 3.63) is 110 Å². The summed E-state index contributed by atoms with van der Waals surface area (Å²) in [5.74, 6) is 0. The predicted molar refractivity (Wildman–Crippen MR) is 109 cm³/mol. The minimum atomic E-state index is 1.02. The smallest absolute Gasteiger partial charge is 0.169 e. The lowest BCUT2D eigenvalue weighted by Crippen LogP contribution is -2.38. The third kappa shape index (κ3) is 4.48. The molecular weight excluding hydrogens is 328 g/mol. The number of benzene rings is 2. The highest BCUT2D eigenvalue weighted by Crippen LogP contribution is 2.17. The van der Waals surface area contributed by atoms with Gasteiger partial charge in [-0.05, 0) is 22.3 Å². The highest BCUT2D eigenvalue weighted by molar-refractivity contribution is 5.62.